The SMILES string of the molecule is CC(O)c1noc(-c2ccccc2Cl)c1C(=O)c1nnn(Cc2cc(C(F)(F)F)cc(C(F)(F)F)c2)c1-c1ccccc1. The Hall–Kier alpha value is -4.49. The number of hydrogen-bond donors (Lipinski definition) is 1. The summed E-state index contributed by atoms with van der Waals surface area (Å²) in [5.74, 6) is -0.898. The van der Waals surface area contributed by atoms with Crippen molar-refractivity contribution in [2.45, 2.75) is 31.9 Å². The zero-order chi connectivity index (χ0) is 31.1. The molecule has 2 heterocycles. The zero-order valence-corrected chi connectivity index (χ0v) is 22.7. The Morgan fingerprint density at radius 2 is 1.56 bits per heavy atom. The van der Waals surface area contributed by atoms with Gasteiger partial charge in [0.25, 0.3) is 0 Å². The van der Waals surface area contributed by atoms with E-state index in [2.05, 4.69) is 15.5 Å². The summed E-state index contributed by atoms with van der Waals surface area (Å²) in [5, 5.41) is 22.3. The summed E-state index contributed by atoms with van der Waals surface area (Å²) in [6, 6.07) is 15.6. The van der Waals surface area contributed by atoms with Crippen LogP contribution in [0.1, 0.15) is 51.5 Å². The Kier molecular flexibility index (Phi) is 7.88. The fraction of sp³-hybridized carbons (Fsp3) is 0.172. The number of carbonyl (C=O) groups is 1. The predicted octanol–water partition coefficient (Wildman–Crippen LogP) is 7.62. The molecule has 0 saturated heterocycles. The van der Waals surface area contributed by atoms with E-state index >= 15 is 0 Å². The van der Waals surface area contributed by atoms with Gasteiger partial charge in [0.05, 0.1) is 34.4 Å². The molecule has 0 amide bonds. The summed E-state index contributed by atoms with van der Waals surface area (Å²) < 4.78 is 87.5. The molecule has 0 aliphatic carbocycles. The molecule has 0 radical (unpaired) electrons. The van der Waals surface area contributed by atoms with Crippen LogP contribution < -0.4 is 0 Å². The number of aliphatic hydroxyl groups is 1. The van der Waals surface area contributed by atoms with Gasteiger partial charge in [0.2, 0.25) is 5.78 Å². The van der Waals surface area contributed by atoms with Gasteiger partial charge in [-0.1, -0.05) is 64.4 Å². The number of hydrogen-bond acceptors (Lipinski definition) is 6. The topological polar surface area (TPSA) is 94.0 Å². The number of halogens is 7. The molecule has 0 saturated carbocycles. The molecule has 0 bridgehead atoms. The molecule has 5 aromatic rings. The lowest BCUT2D eigenvalue weighted by molar-refractivity contribution is -0.143. The van der Waals surface area contributed by atoms with Crippen LogP contribution in [0.25, 0.3) is 22.6 Å². The van der Waals surface area contributed by atoms with Crippen molar-refractivity contribution in [2.75, 3.05) is 0 Å². The molecule has 2 aromatic heterocycles. The van der Waals surface area contributed by atoms with Gasteiger partial charge in [-0.15, -0.1) is 5.10 Å². The van der Waals surface area contributed by atoms with E-state index in [4.69, 9.17) is 16.1 Å². The Labute approximate surface area is 244 Å². The lowest BCUT2D eigenvalue weighted by atomic mass is 9.97. The number of benzene rings is 3. The molecule has 0 spiro atoms. The molecule has 14 heteroatoms. The average Bonchev–Trinajstić information content (AvgIpc) is 3.57. The minimum Gasteiger partial charge on any atom is -0.387 e. The van der Waals surface area contributed by atoms with Gasteiger partial charge in [0.1, 0.15) is 11.4 Å². The van der Waals surface area contributed by atoms with Crippen molar-refractivity contribution in [3.8, 4) is 22.6 Å². The Morgan fingerprint density at radius 1 is 0.953 bits per heavy atom. The van der Waals surface area contributed by atoms with E-state index in [-0.39, 0.29) is 50.6 Å². The number of carbonyl (C=O) groups excluding carboxylic acids is 1. The quantitative estimate of drug-likeness (QED) is 0.149. The van der Waals surface area contributed by atoms with Crippen LogP contribution in [-0.4, -0.2) is 31.0 Å². The van der Waals surface area contributed by atoms with Gasteiger partial charge in [-0.2, -0.15) is 26.3 Å². The normalized spacial score (nSPS) is 12.9. The highest BCUT2D eigenvalue weighted by molar-refractivity contribution is 6.33. The second-order valence-corrected chi connectivity index (χ2v) is 9.89. The monoisotopic (exact) mass is 620 g/mol. The van der Waals surface area contributed by atoms with Crippen molar-refractivity contribution in [1.82, 2.24) is 20.2 Å². The number of nitrogens with zero attached hydrogens (tertiary/aromatic N) is 4. The molecule has 5 rings (SSSR count). The first-order valence-corrected chi connectivity index (χ1v) is 12.9. The molecule has 43 heavy (non-hydrogen) atoms. The van der Waals surface area contributed by atoms with Gasteiger partial charge in [0.15, 0.2) is 11.5 Å². The summed E-state index contributed by atoms with van der Waals surface area (Å²) in [6.45, 7) is 0.758. The van der Waals surface area contributed by atoms with Gasteiger partial charge in [0, 0.05) is 11.1 Å². The van der Waals surface area contributed by atoms with Crippen molar-refractivity contribution >= 4 is 17.4 Å². The van der Waals surface area contributed by atoms with Crippen LogP contribution in [-0.2, 0) is 18.9 Å². The van der Waals surface area contributed by atoms with E-state index in [1.165, 1.54) is 6.92 Å². The molecule has 7 nitrogen and oxygen atoms in total. The number of aliphatic hydroxyl groups excluding tert-OH is 1. The fourth-order valence-corrected chi connectivity index (χ4v) is 4.72. The highest BCUT2D eigenvalue weighted by Gasteiger charge is 2.37. The van der Waals surface area contributed by atoms with E-state index in [0.717, 1.165) is 4.68 Å². The molecule has 0 fully saturated rings. The van der Waals surface area contributed by atoms with Crippen molar-refractivity contribution in [2.24, 2.45) is 0 Å². The van der Waals surface area contributed by atoms with Gasteiger partial charge >= 0.3 is 12.4 Å². The molecule has 3 aromatic carbocycles. The van der Waals surface area contributed by atoms with Crippen molar-refractivity contribution in [3.05, 3.63) is 111 Å². The lowest BCUT2D eigenvalue weighted by Crippen LogP contribution is -2.14. The molecule has 1 unspecified atom stereocenters. The van der Waals surface area contributed by atoms with Crippen LogP contribution in [0, 0.1) is 0 Å². The first-order chi connectivity index (χ1) is 20.3. The van der Waals surface area contributed by atoms with Crippen molar-refractivity contribution in [3.63, 3.8) is 0 Å². The minimum atomic E-state index is -5.05. The van der Waals surface area contributed by atoms with Gasteiger partial charge in [-0.25, -0.2) is 4.68 Å². The second-order valence-electron chi connectivity index (χ2n) is 9.48. The number of alkyl halides is 6. The van der Waals surface area contributed by atoms with Crippen LogP contribution >= 0.6 is 11.6 Å². The lowest BCUT2D eigenvalue weighted by Gasteiger charge is -2.15. The zero-order valence-electron chi connectivity index (χ0n) is 21.9. The summed E-state index contributed by atoms with van der Waals surface area (Å²) in [5.41, 5.74) is -3.39. The van der Waals surface area contributed by atoms with Crippen molar-refractivity contribution < 1.29 is 40.8 Å². The summed E-state index contributed by atoms with van der Waals surface area (Å²) in [7, 11) is 0. The smallest absolute Gasteiger partial charge is 0.387 e. The molecule has 0 aliphatic heterocycles. The standard InChI is InChI=1S/C29H19ClF6N4O3/c1-15(41)23-22(27(43-38-23)20-9-5-6-10-21(20)30)26(42)24-25(17-7-3-2-4-8-17)40(39-37-24)14-16-11-18(28(31,32)33)13-19(12-16)29(34,35)36/h2-13,15,41H,14H2,1H3. The number of ketones is 1. The average molecular weight is 621 g/mol. The predicted molar refractivity (Wildman–Crippen MR) is 142 cm³/mol. The van der Waals surface area contributed by atoms with E-state index in [9.17, 15) is 36.2 Å². The van der Waals surface area contributed by atoms with Gasteiger partial charge in [-0.3, -0.25) is 4.79 Å². The summed E-state index contributed by atoms with van der Waals surface area (Å²) in [4.78, 5) is 14.1. The van der Waals surface area contributed by atoms with Crippen LogP contribution in [0.15, 0.2) is 77.3 Å². The van der Waals surface area contributed by atoms with E-state index in [0.29, 0.717) is 17.7 Å². The third kappa shape index (κ3) is 6.04. The number of aromatic nitrogens is 4. The molecule has 1 N–H and O–H groups in total. The Morgan fingerprint density at radius 3 is 2.14 bits per heavy atom. The summed E-state index contributed by atoms with van der Waals surface area (Å²) >= 11 is 6.33. The Balaban J connectivity index is 1.68. The largest absolute Gasteiger partial charge is 0.416 e. The van der Waals surface area contributed by atoms with Crippen molar-refractivity contribution in [1.29, 1.82) is 0 Å². The third-order valence-corrected chi connectivity index (χ3v) is 6.77. The maximum Gasteiger partial charge on any atom is 0.416 e. The number of rotatable bonds is 7. The fourth-order valence-electron chi connectivity index (χ4n) is 4.50. The third-order valence-electron chi connectivity index (χ3n) is 6.44. The van der Waals surface area contributed by atoms with E-state index in [1.807, 2.05) is 0 Å². The minimum absolute atomic E-state index is 0.000535. The molecular formula is C29H19ClF6N4O3. The second kappa shape index (κ2) is 11.3. The van der Waals surface area contributed by atoms with E-state index < -0.39 is 41.9 Å². The first-order valence-electron chi connectivity index (χ1n) is 12.5. The van der Waals surface area contributed by atoms with Crippen LogP contribution in [0.2, 0.25) is 5.02 Å². The summed E-state index contributed by atoms with van der Waals surface area (Å²) in [6.07, 6.45) is -11.4. The van der Waals surface area contributed by atoms with Crippen LogP contribution in [0.3, 0.4) is 0 Å². The first kappa shape index (κ1) is 30.0. The Bertz CT molecular complexity index is 1760. The van der Waals surface area contributed by atoms with Gasteiger partial charge in [-0.05, 0) is 42.8 Å². The highest BCUT2D eigenvalue weighted by atomic mass is 35.5. The molecular weight excluding hydrogens is 602 g/mol. The molecule has 0 aliphatic rings. The van der Waals surface area contributed by atoms with E-state index in [1.54, 1.807) is 54.6 Å². The van der Waals surface area contributed by atoms with Crippen LogP contribution in [0.4, 0.5) is 26.3 Å². The highest BCUT2D eigenvalue weighted by Crippen LogP contribution is 2.38. The maximum absolute atomic E-state index is 14.1. The van der Waals surface area contributed by atoms with Gasteiger partial charge < -0.3 is 9.63 Å². The molecule has 1 atom stereocenters. The maximum atomic E-state index is 14.1. The molecule has 222 valence electrons. The van der Waals surface area contributed by atoms with Crippen LogP contribution in [0.5, 0.6) is 0 Å².